The van der Waals surface area contributed by atoms with Crippen LogP contribution in [-0.4, -0.2) is 28.2 Å². The highest BCUT2D eigenvalue weighted by Crippen LogP contribution is 2.25. The number of nitrogens with zero attached hydrogens (tertiary/aromatic N) is 4. The van der Waals surface area contributed by atoms with E-state index in [9.17, 15) is 8.42 Å². The molecule has 0 bridgehead atoms. The molecule has 0 unspecified atom stereocenters. The highest BCUT2D eigenvalue weighted by Gasteiger charge is 2.18. The molecule has 0 aliphatic carbocycles. The Kier molecular flexibility index (Phi) is 4.27. The minimum Gasteiger partial charge on any atom is -0.320 e. The number of benzene rings is 1. The average molecular weight is 348 g/mol. The number of thiazole rings is 1. The zero-order valence-corrected chi connectivity index (χ0v) is 14.4. The highest BCUT2D eigenvalue weighted by molar-refractivity contribution is 7.89. The van der Waals surface area contributed by atoms with Gasteiger partial charge in [0.25, 0.3) is 0 Å². The van der Waals surface area contributed by atoms with E-state index in [4.69, 9.17) is 0 Å². The van der Waals surface area contributed by atoms with Crippen molar-refractivity contribution in [2.45, 2.75) is 18.4 Å². The first-order valence-electron chi connectivity index (χ1n) is 6.98. The van der Waals surface area contributed by atoms with Crippen LogP contribution in [0.1, 0.15) is 17.1 Å². The molecule has 1 aromatic carbocycles. The third-order valence-corrected chi connectivity index (χ3v) is 5.75. The normalized spacial score (nSPS) is 11.7. The predicted molar refractivity (Wildman–Crippen MR) is 89.6 cm³/mol. The van der Waals surface area contributed by atoms with Crippen molar-refractivity contribution in [3.8, 4) is 10.6 Å². The monoisotopic (exact) mass is 348 g/mol. The van der Waals surface area contributed by atoms with Gasteiger partial charge in [0.1, 0.15) is 22.9 Å². The molecule has 0 saturated heterocycles. The van der Waals surface area contributed by atoms with Gasteiger partial charge < -0.3 is 4.57 Å². The molecule has 3 rings (SSSR count). The van der Waals surface area contributed by atoms with Crippen LogP contribution in [0.2, 0.25) is 0 Å². The fourth-order valence-electron chi connectivity index (χ4n) is 2.11. The van der Waals surface area contributed by atoms with Crippen molar-refractivity contribution >= 4 is 21.2 Å². The van der Waals surface area contributed by atoms with Gasteiger partial charge >= 0.3 is 0 Å². The van der Waals surface area contributed by atoms with E-state index in [1.54, 1.807) is 17.0 Å². The summed E-state index contributed by atoms with van der Waals surface area (Å²) in [5, 5.41) is 10.1. The smallest absolute Gasteiger partial charge is 0.163 e. The number of aromatic nitrogens is 4. The molecule has 23 heavy (non-hydrogen) atoms. The van der Waals surface area contributed by atoms with Crippen LogP contribution in [0.4, 0.5) is 0 Å². The second-order valence-corrected chi connectivity index (χ2v) is 8.32. The zero-order valence-electron chi connectivity index (χ0n) is 12.8. The molecule has 0 atom stereocenters. The molecule has 0 aliphatic rings. The molecular formula is C15H16N4O2S2. The minimum atomic E-state index is -3.33. The summed E-state index contributed by atoms with van der Waals surface area (Å²) in [5.41, 5.74) is 2.74. The fourth-order valence-corrected chi connectivity index (χ4v) is 4.40. The van der Waals surface area contributed by atoms with E-state index in [1.807, 2.05) is 31.2 Å². The van der Waals surface area contributed by atoms with Gasteiger partial charge in [0, 0.05) is 18.0 Å². The first-order chi connectivity index (χ1) is 10.9. The molecule has 0 spiro atoms. The summed E-state index contributed by atoms with van der Waals surface area (Å²) in [6.45, 7) is 2.02. The SMILES string of the molecule is Cc1ccc(-c2nc(CS(=O)(=O)Cc3nncn3C)cs2)cc1. The first kappa shape index (κ1) is 15.8. The van der Waals surface area contributed by atoms with Crippen molar-refractivity contribution in [2.75, 3.05) is 0 Å². The Balaban J connectivity index is 1.76. The summed E-state index contributed by atoms with van der Waals surface area (Å²) in [4.78, 5) is 4.44. The topological polar surface area (TPSA) is 77.7 Å². The van der Waals surface area contributed by atoms with Crippen LogP contribution in [0.3, 0.4) is 0 Å². The van der Waals surface area contributed by atoms with Gasteiger partial charge in [0.15, 0.2) is 9.84 Å². The molecule has 120 valence electrons. The van der Waals surface area contributed by atoms with Gasteiger partial charge in [-0.3, -0.25) is 0 Å². The molecule has 2 aromatic heterocycles. The van der Waals surface area contributed by atoms with E-state index in [0.717, 1.165) is 10.6 Å². The largest absolute Gasteiger partial charge is 0.320 e. The van der Waals surface area contributed by atoms with E-state index in [-0.39, 0.29) is 11.5 Å². The van der Waals surface area contributed by atoms with E-state index in [0.29, 0.717) is 11.5 Å². The maximum atomic E-state index is 12.3. The first-order valence-corrected chi connectivity index (χ1v) is 9.68. The van der Waals surface area contributed by atoms with Crippen LogP contribution in [0.5, 0.6) is 0 Å². The Bertz CT molecular complexity index is 911. The number of hydrogen-bond donors (Lipinski definition) is 0. The standard InChI is InChI=1S/C15H16N4O2S2/c1-11-3-5-12(6-4-11)15-17-13(7-22-15)8-23(20,21)9-14-18-16-10-19(14)2/h3-7,10H,8-9H2,1-2H3. The van der Waals surface area contributed by atoms with Crippen molar-refractivity contribution in [3.05, 3.63) is 53.1 Å². The third-order valence-electron chi connectivity index (χ3n) is 3.37. The molecule has 0 aliphatic heterocycles. The molecular weight excluding hydrogens is 332 g/mol. The Morgan fingerprint density at radius 1 is 1.17 bits per heavy atom. The Morgan fingerprint density at radius 3 is 2.57 bits per heavy atom. The van der Waals surface area contributed by atoms with Crippen LogP contribution >= 0.6 is 11.3 Å². The van der Waals surface area contributed by atoms with Crippen molar-refractivity contribution < 1.29 is 8.42 Å². The van der Waals surface area contributed by atoms with Crippen molar-refractivity contribution in [3.63, 3.8) is 0 Å². The maximum Gasteiger partial charge on any atom is 0.163 e. The molecule has 2 heterocycles. The van der Waals surface area contributed by atoms with Gasteiger partial charge in [0.05, 0.1) is 11.4 Å². The predicted octanol–water partition coefficient (Wildman–Crippen LogP) is 2.36. The number of hydrogen-bond acceptors (Lipinski definition) is 6. The van der Waals surface area contributed by atoms with Crippen LogP contribution < -0.4 is 0 Å². The number of sulfone groups is 1. The molecule has 6 nitrogen and oxygen atoms in total. The molecule has 8 heteroatoms. The summed E-state index contributed by atoms with van der Waals surface area (Å²) < 4.78 is 26.2. The molecule has 0 N–H and O–H groups in total. The van der Waals surface area contributed by atoms with Crippen LogP contribution in [0, 0.1) is 6.92 Å². The second-order valence-electron chi connectivity index (χ2n) is 5.40. The third kappa shape index (κ3) is 3.83. The fraction of sp³-hybridized carbons (Fsp3) is 0.267. The lowest BCUT2D eigenvalue weighted by molar-refractivity contribution is 0.591. The van der Waals surface area contributed by atoms with Gasteiger partial charge in [-0.15, -0.1) is 21.5 Å². The summed E-state index contributed by atoms with van der Waals surface area (Å²) >= 11 is 1.45. The van der Waals surface area contributed by atoms with Crippen molar-refractivity contribution in [2.24, 2.45) is 7.05 Å². The average Bonchev–Trinajstić information content (AvgIpc) is 3.09. The van der Waals surface area contributed by atoms with Crippen molar-refractivity contribution in [1.29, 1.82) is 0 Å². The quantitative estimate of drug-likeness (QED) is 0.707. The second kappa shape index (κ2) is 6.21. The molecule has 0 radical (unpaired) electrons. The van der Waals surface area contributed by atoms with Crippen LogP contribution in [0.15, 0.2) is 36.0 Å². The lowest BCUT2D eigenvalue weighted by Crippen LogP contribution is -2.11. The van der Waals surface area contributed by atoms with Gasteiger partial charge in [-0.2, -0.15) is 0 Å². The molecule has 3 aromatic rings. The Hall–Kier alpha value is -2.06. The van der Waals surface area contributed by atoms with E-state index in [1.165, 1.54) is 23.2 Å². The van der Waals surface area contributed by atoms with Crippen LogP contribution in [0.25, 0.3) is 10.6 Å². The van der Waals surface area contributed by atoms with Gasteiger partial charge in [-0.25, -0.2) is 13.4 Å². The number of aryl methyl sites for hydroxylation is 2. The Labute approximate surface area is 138 Å². The van der Waals surface area contributed by atoms with E-state index >= 15 is 0 Å². The highest BCUT2D eigenvalue weighted by atomic mass is 32.2. The summed E-state index contributed by atoms with van der Waals surface area (Å²) in [5.74, 6) is 0.197. The van der Waals surface area contributed by atoms with Crippen molar-refractivity contribution in [1.82, 2.24) is 19.7 Å². The lowest BCUT2D eigenvalue weighted by atomic mass is 10.2. The van der Waals surface area contributed by atoms with Crippen LogP contribution in [-0.2, 0) is 28.4 Å². The number of rotatable bonds is 5. The molecule has 0 fully saturated rings. The molecule has 0 saturated carbocycles. The summed E-state index contributed by atoms with van der Waals surface area (Å²) in [6.07, 6.45) is 1.49. The summed E-state index contributed by atoms with van der Waals surface area (Å²) in [6, 6.07) is 8.01. The Morgan fingerprint density at radius 2 is 1.91 bits per heavy atom. The lowest BCUT2D eigenvalue weighted by Gasteiger charge is -2.02. The van der Waals surface area contributed by atoms with E-state index < -0.39 is 9.84 Å². The van der Waals surface area contributed by atoms with E-state index in [2.05, 4.69) is 15.2 Å². The van der Waals surface area contributed by atoms with Gasteiger partial charge in [-0.05, 0) is 6.92 Å². The molecule has 0 amide bonds. The minimum absolute atomic E-state index is 0.0950. The maximum absolute atomic E-state index is 12.3. The van der Waals surface area contributed by atoms with Gasteiger partial charge in [-0.1, -0.05) is 29.8 Å². The zero-order chi connectivity index (χ0) is 16.4. The summed E-state index contributed by atoms with van der Waals surface area (Å²) in [7, 11) is -1.61. The van der Waals surface area contributed by atoms with Gasteiger partial charge in [0.2, 0.25) is 0 Å².